The van der Waals surface area contributed by atoms with Gasteiger partial charge in [-0.25, -0.2) is 0 Å². The number of benzene rings is 8. The Balaban J connectivity index is 1.54. The van der Waals surface area contributed by atoms with Crippen LogP contribution in [0.1, 0.15) is 12.3 Å². The van der Waals surface area contributed by atoms with Crippen molar-refractivity contribution in [2.45, 2.75) is 0 Å². The summed E-state index contributed by atoms with van der Waals surface area (Å²) in [5.41, 5.74) is 0.817. The van der Waals surface area contributed by atoms with Crippen LogP contribution in [0.5, 0.6) is 0 Å². The Morgan fingerprint density at radius 2 is 1.15 bits per heavy atom. The van der Waals surface area contributed by atoms with Crippen LogP contribution < -0.4 is 0 Å². The highest BCUT2D eigenvalue weighted by atomic mass is 14.2. The van der Waals surface area contributed by atoms with Gasteiger partial charge in [-0.15, -0.1) is 0 Å². The van der Waals surface area contributed by atoms with Gasteiger partial charge in [-0.05, 0) is 94.0 Å². The summed E-state index contributed by atoms with van der Waals surface area (Å²) in [5.74, 6) is 0. The Morgan fingerprint density at radius 1 is 0.412 bits per heavy atom. The predicted molar refractivity (Wildman–Crippen MR) is 148 cm³/mol. The highest BCUT2D eigenvalue weighted by Gasteiger charge is 2.12. The van der Waals surface area contributed by atoms with Crippen LogP contribution in [0.2, 0.25) is 0 Å². The molecule has 34 heavy (non-hydrogen) atoms. The predicted octanol–water partition coefficient (Wildman–Crippen LogP) is 9.71. The summed E-state index contributed by atoms with van der Waals surface area (Å²) in [6.07, 6.45) is 0. The first kappa shape index (κ1) is 11.6. The monoisotopic (exact) mass is 437 g/mol. The van der Waals surface area contributed by atoms with E-state index in [1.165, 1.54) is 0 Å². The standard InChI is InChI=1S/C34H20/c1-2-7-29-21(4-1)8-12-27-19-28-18-26(13-11-25(28)20-32(27)29)30-16-14-24-10-9-22-5-3-6-23-15-17-31(30)34(24)33(22)23/h1-20H/i3D,5D,6D,9D,10D,14D,15D,16D,17D. The third-order valence-electron chi connectivity index (χ3n) is 6.80. The first-order chi connectivity index (χ1) is 20.6. The van der Waals surface area contributed by atoms with E-state index in [0.717, 1.165) is 32.3 Å². The molecular formula is C34H20. The Kier molecular flexibility index (Phi) is 2.24. The fourth-order valence-electron chi connectivity index (χ4n) is 5.19. The molecule has 8 rings (SSSR count). The van der Waals surface area contributed by atoms with Crippen molar-refractivity contribution in [2.24, 2.45) is 0 Å². The molecule has 0 heterocycles. The Labute approximate surface area is 209 Å². The minimum Gasteiger partial charge on any atom is -0.0616 e. The summed E-state index contributed by atoms with van der Waals surface area (Å²) < 4.78 is 78.7. The normalized spacial score (nSPS) is 15.8. The third-order valence-corrected chi connectivity index (χ3v) is 6.80. The first-order valence-electron chi connectivity index (χ1n) is 15.6. The molecule has 0 atom stereocenters. The summed E-state index contributed by atoms with van der Waals surface area (Å²) in [5, 5.41) is 6.75. The minimum atomic E-state index is -0.478. The van der Waals surface area contributed by atoms with Gasteiger partial charge >= 0.3 is 0 Å². The molecule has 0 aromatic heterocycles. The Hall–Kier alpha value is -4.42. The largest absolute Gasteiger partial charge is 0.0630 e. The maximum atomic E-state index is 9.06. The quantitative estimate of drug-likeness (QED) is 0.177. The van der Waals surface area contributed by atoms with Gasteiger partial charge in [0.25, 0.3) is 0 Å². The molecule has 0 fully saturated rings. The molecule has 0 unspecified atom stereocenters. The van der Waals surface area contributed by atoms with Crippen LogP contribution in [0.25, 0.3) is 75.8 Å². The van der Waals surface area contributed by atoms with E-state index in [-0.39, 0.29) is 74.1 Å². The molecule has 0 spiro atoms. The molecule has 8 aromatic carbocycles. The number of rotatable bonds is 1. The van der Waals surface area contributed by atoms with E-state index in [9.17, 15) is 0 Å². The second kappa shape index (κ2) is 6.56. The molecular weight excluding hydrogens is 408 g/mol. The van der Waals surface area contributed by atoms with Gasteiger partial charge in [0.05, 0.1) is 12.3 Å². The fourth-order valence-corrected chi connectivity index (χ4v) is 5.19. The van der Waals surface area contributed by atoms with Gasteiger partial charge in [0.2, 0.25) is 0 Å². The molecule has 0 bridgehead atoms. The van der Waals surface area contributed by atoms with Crippen molar-refractivity contribution in [3.8, 4) is 11.1 Å². The molecule has 0 N–H and O–H groups in total. The van der Waals surface area contributed by atoms with Gasteiger partial charge < -0.3 is 0 Å². The summed E-state index contributed by atoms with van der Waals surface area (Å²) in [7, 11) is 0. The lowest BCUT2D eigenvalue weighted by Gasteiger charge is -2.15. The second-order valence-corrected chi connectivity index (χ2v) is 8.67. The second-order valence-electron chi connectivity index (χ2n) is 8.67. The van der Waals surface area contributed by atoms with Crippen LogP contribution in [0.15, 0.2) is 121 Å². The van der Waals surface area contributed by atoms with Gasteiger partial charge in [0.15, 0.2) is 0 Å². The summed E-state index contributed by atoms with van der Waals surface area (Å²) >= 11 is 0. The lowest BCUT2D eigenvalue weighted by Crippen LogP contribution is -1.87. The maximum absolute atomic E-state index is 9.06. The van der Waals surface area contributed by atoms with Crippen LogP contribution in [0.3, 0.4) is 0 Å². The van der Waals surface area contributed by atoms with Gasteiger partial charge in [0, 0.05) is 0 Å². The third kappa shape index (κ3) is 2.43. The van der Waals surface area contributed by atoms with Crippen LogP contribution in [0, 0.1) is 0 Å². The number of hydrogen-bond donors (Lipinski definition) is 0. The molecule has 156 valence electrons. The van der Waals surface area contributed by atoms with E-state index in [0.29, 0.717) is 5.56 Å². The van der Waals surface area contributed by atoms with Crippen molar-refractivity contribution in [1.82, 2.24) is 0 Å². The zero-order chi connectivity index (χ0) is 30.1. The highest BCUT2D eigenvalue weighted by molar-refractivity contribution is 6.25. The van der Waals surface area contributed by atoms with Gasteiger partial charge in [-0.2, -0.15) is 0 Å². The molecule has 0 saturated carbocycles. The van der Waals surface area contributed by atoms with Crippen molar-refractivity contribution in [3.05, 3.63) is 121 Å². The molecule has 0 nitrogen and oxygen atoms in total. The van der Waals surface area contributed by atoms with E-state index in [1.807, 2.05) is 30.3 Å². The van der Waals surface area contributed by atoms with E-state index >= 15 is 0 Å². The molecule has 0 aliphatic heterocycles. The van der Waals surface area contributed by atoms with E-state index in [2.05, 4.69) is 36.4 Å². The highest BCUT2D eigenvalue weighted by Crippen LogP contribution is 2.40. The van der Waals surface area contributed by atoms with Crippen LogP contribution >= 0.6 is 0 Å². The summed E-state index contributed by atoms with van der Waals surface area (Å²) in [4.78, 5) is 0. The zero-order valence-corrected chi connectivity index (χ0v) is 17.9. The molecule has 0 amide bonds. The topological polar surface area (TPSA) is 0 Å². The Bertz CT molecular complexity index is 2530. The molecule has 8 aromatic rings. The van der Waals surface area contributed by atoms with Crippen LogP contribution in [0.4, 0.5) is 0 Å². The fraction of sp³-hybridized carbons (Fsp3) is 0. The van der Waals surface area contributed by atoms with Crippen molar-refractivity contribution in [2.75, 3.05) is 0 Å². The molecule has 0 aliphatic carbocycles. The minimum absolute atomic E-state index is 0.0186. The zero-order valence-electron chi connectivity index (χ0n) is 26.9. The van der Waals surface area contributed by atoms with Gasteiger partial charge in [-0.3, -0.25) is 0 Å². The average Bonchev–Trinajstić information content (AvgIpc) is 3.01. The average molecular weight is 438 g/mol. The summed E-state index contributed by atoms with van der Waals surface area (Å²) in [6, 6.07) is 19.0. The SMILES string of the molecule is [2H]c1c([2H])c2c([2H])c([2H])c3c([2H])c([2H])c(-c4ccc5cc6c(ccc7ccccc76)cc5c4)c4c([2H])c([2H])c(c1[2H])c2c34. The lowest BCUT2D eigenvalue weighted by molar-refractivity contribution is 1.71. The van der Waals surface area contributed by atoms with Crippen molar-refractivity contribution < 1.29 is 12.3 Å². The smallest absolute Gasteiger partial charge is 0.0616 e. The molecule has 0 saturated heterocycles. The molecule has 0 heteroatoms. The van der Waals surface area contributed by atoms with Gasteiger partial charge in [-0.1, -0.05) is 103 Å². The number of hydrogen-bond acceptors (Lipinski definition) is 0. The van der Waals surface area contributed by atoms with E-state index in [1.54, 1.807) is 0 Å². The van der Waals surface area contributed by atoms with Crippen molar-refractivity contribution >= 4 is 64.6 Å². The van der Waals surface area contributed by atoms with E-state index < -0.39 is 18.1 Å². The maximum Gasteiger partial charge on any atom is 0.0630 e. The lowest BCUT2D eigenvalue weighted by atomic mass is 9.89. The van der Waals surface area contributed by atoms with Crippen LogP contribution in [-0.2, 0) is 0 Å². The first-order valence-corrected chi connectivity index (χ1v) is 11.1. The van der Waals surface area contributed by atoms with Crippen molar-refractivity contribution in [3.63, 3.8) is 0 Å². The van der Waals surface area contributed by atoms with E-state index in [4.69, 9.17) is 12.3 Å². The Morgan fingerprint density at radius 3 is 2.06 bits per heavy atom. The number of fused-ring (bicyclic) bond motifs is 4. The summed E-state index contributed by atoms with van der Waals surface area (Å²) in [6.45, 7) is 0. The molecule has 0 aliphatic rings. The molecule has 0 radical (unpaired) electrons. The van der Waals surface area contributed by atoms with Crippen molar-refractivity contribution in [1.29, 1.82) is 0 Å². The van der Waals surface area contributed by atoms with Gasteiger partial charge in [0.1, 0.15) is 0 Å². The van der Waals surface area contributed by atoms with Crippen LogP contribution in [-0.4, -0.2) is 0 Å².